The summed E-state index contributed by atoms with van der Waals surface area (Å²) < 4.78 is 19.2. The van der Waals surface area contributed by atoms with E-state index in [-0.39, 0.29) is 6.71 Å². The van der Waals surface area contributed by atoms with Crippen molar-refractivity contribution in [1.29, 1.82) is 0 Å². The zero-order valence-electron chi connectivity index (χ0n) is 22.0. The molecule has 9 rings (SSSR count). The van der Waals surface area contributed by atoms with Crippen LogP contribution in [0.3, 0.4) is 0 Å². The van der Waals surface area contributed by atoms with Crippen LogP contribution in [0, 0.1) is 0 Å². The highest BCUT2D eigenvalue weighted by molar-refractivity contribution is 6.98. The number of rotatable bonds is 2. The molecule has 0 aromatic heterocycles. The predicted octanol–water partition coefficient (Wildman–Crippen LogP) is 7.66. The van der Waals surface area contributed by atoms with Crippen molar-refractivity contribution in [3.05, 3.63) is 133 Å². The van der Waals surface area contributed by atoms with Crippen LogP contribution in [0.15, 0.2) is 133 Å². The van der Waals surface area contributed by atoms with Crippen molar-refractivity contribution in [3.8, 4) is 45.6 Å². The minimum atomic E-state index is 0.0618. The highest BCUT2D eigenvalue weighted by Gasteiger charge is 2.39. The Bertz CT molecular complexity index is 2010. The third-order valence-corrected chi connectivity index (χ3v) is 8.18. The molecule has 6 aromatic carbocycles. The summed E-state index contributed by atoms with van der Waals surface area (Å²) in [6.45, 7) is 0.0618. The van der Waals surface area contributed by atoms with Gasteiger partial charge in [0.2, 0.25) is 0 Å². The second-order valence-corrected chi connectivity index (χ2v) is 10.5. The third kappa shape index (κ3) is 3.36. The van der Waals surface area contributed by atoms with Gasteiger partial charge in [-0.1, -0.05) is 72.8 Å². The SMILES string of the molecule is c1ccc(N2c3ccccc3Oc3cc(-c4ccc5c(c4)Oc4cccc6c4B5c4ccccc4O6)ccc32)cc1. The van der Waals surface area contributed by atoms with Gasteiger partial charge in [-0.3, -0.25) is 0 Å². The Balaban J connectivity index is 1.15. The number of para-hydroxylation sites is 4. The number of nitrogens with zero attached hydrogens (tertiary/aromatic N) is 1. The van der Waals surface area contributed by atoms with Gasteiger partial charge in [-0.15, -0.1) is 0 Å². The van der Waals surface area contributed by atoms with Crippen LogP contribution in [0.2, 0.25) is 0 Å². The molecule has 0 saturated heterocycles. The molecule has 0 fully saturated rings. The topological polar surface area (TPSA) is 30.9 Å². The molecule has 6 aromatic rings. The first-order chi connectivity index (χ1) is 20.3. The van der Waals surface area contributed by atoms with Gasteiger partial charge in [0.05, 0.1) is 11.4 Å². The van der Waals surface area contributed by atoms with Crippen LogP contribution >= 0.6 is 0 Å². The molecule has 0 spiro atoms. The maximum absolute atomic E-state index is 6.52. The molecule has 0 unspecified atom stereocenters. The van der Waals surface area contributed by atoms with Crippen molar-refractivity contribution in [3.63, 3.8) is 0 Å². The van der Waals surface area contributed by atoms with Crippen LogP contribution in [0.25, 0.3) is 11.1 Å². The third-order valence-electron chi connectivity index (χ3n) is 8.18. The van der Waals surface area contributed by atoms with E-state index < -0.39 is 0 Å². The summed E-state index contributed by atoms with van der Waals surface area (Å²) >= 11 is 0. The molecule has 0 atom stereocenters. The van der Waals surface area contributed by atoms with E-state index in [9.17, 15) is 0 Å². The van der Waals surface area contributed by atoms with Gasteiger partial charge in [0.25, 0.3) is 6.71 Å². The lowest BCUT2D eigenvalue weighted by molar-refractivity contribution is 0.464. The van der Waals surface area contributed by atoms with Gasteiger partial charge in [-0.05, 0) is 82.7 Å². The van der Waals surface area contributed by atoms with E-state index in [0.717, 1.165) is 79.1 Å². The molecule has 0 radical (unpaired) electrons. The molecule has 0 N–H and O–H groups in total. The van der Waals surface area contributed by atoms with E-state index >= 15 is 0 Å². The fourth-order valence-corrected chi connectivity index (χ4v) is 6.35. The molecule has 3 aliphatic rings. The quantitative estimate of drug-likeness (QED) is 0.216. The zero-order valence-corrected chi connectivity index (χ0v) is 22.0. The van der Waals surface area contributed by atoms with Crippen molar-refractivity contribution < 1.29 is 14.2 Å². The first kappa shape index (κ1) is 22.4. The summed E-state index contributed by atoms with van der Waals surface area (Å²) in [5, 5.41) is 0. The zero-order chi connectivity index (χ0) is 26.9. The minimum Gasteiger partial charge on any atom is -0.458 e. The second-order valence-electron chi connectivity index (χ2n) is 10.5. The molecule has 41 heavy (non-hydrogen) atoms. The van der Waals surface area contributed by atoms with Gasteiger partial charge >= 0.3 is 0 Å². The Morgan fingerprint density at radius 2 is 1.00 bits per heavy atom. The summed E-state index contributed by atoms with van der Waals surface area (Å²) in [5.74, 6) is 5.11. The van der Waals surface area contributed by atoms with E-state index in [0.29, 0.717) is 0 Å². The lowest BCUT2D eigenvalue weighted by Crippen LogP contribution is -2.57. The first-order valence-electron chi connectivity index (χ1n) is 13.8. The smallest absolute Gasteiger partial charge is 0.260 e. The molecule has 0 saturated carbocycles. The van der Waals surface area contributed by atoms with E-state index in [1.807, 2.05) is 54.6 Å². The molecule has 192 valence electrons. The normalized spacial score (nSPS) is 13.4. The van der Waals surface area contributed by atoms with Crippen LogP contribution in [-0.4, -0.2) is 6.71 Å². The standard InChI is InChI=1S/C36H22BNO3/c1-2-9-25(10-3-1)38-28-12-5-7-14-31(28)40-35-22-24(18-20-29(35)38)23-17-19-27-34(21-23)41-33-16-8-15-32-36(33)37(27)26-11-4-6-13-30(26)39-32/h1-22H. The van der Waals surface area contributed by atoms with Gasteiger partial charge < -0.3 is 19.1 Å². The van der Waals surface area contributed by atoms with Gasteiger partial charge in [0.1, 0.15) is 23.0 Å². The summed E-state index contributed by atoms with van der Waals surface area (Å²) in [5.41, 5.74) is 8.65. The second kappa shape index (κ2) is 8.54. The fourth-order valence-electron chi connectivity index (χ4n) is 6.35. The Morgan fingerprint density at radius 1 is 0.415 bits per heavy atom. The van der Waals surface area contributed by atoms with Crippen molar-refractivity contribution in [2.45, 2.75) is 0 Å². The van der Waals surface area contributed by atoms with Gasteiger partial charge in [-0.2, -0.15) is 0 Å². The van der Waals surface area contributed by atoms with Crippen molar-refractivity contribution in [1.82, 2.24) is 0 Å². The Kier molecular flexibility index (Phi) is 4.67. The van der Waals surface area contributed by atoms with Crippen molar-refractivity contribution in [2.75, 3.05) is 4.90 Å². The fraction of sp³-hybridized carbons (Fsp3) is 0. The minimum absolute atomic E-state index is 0.0618. The molecular formula is C36H22BNO3. The highest BCUT2D eigenvalue weighted by atomic mass is 16.5. The summed E-state index contributed by atoms with van der Waals surface area (Å²) in [4.78, 5) is 2.25. The molecule has 5 heteroatoms. The number of benzene rings is 6. The maximum Gasteiger partial charge on any atom is 0.260 e. The van der Waals surface area contributed by atoms with Gasteiger partial charge in [-0.25, -0.2) is 0 Å². The number of ether oxygens (including phenoxy) is 3. The van der Waals surface area contributed by atoms with E-state index in [1.54, 1.807) is 0 Å². The molecule has 0 amide bonds. The summed E-state index contributed by atoms with van der Waals surface area (Å²) in [6, 6.07) is 45.9. The summed E-state index contributed by atoms with van der Waals surface area (Å²) in [7, 11) is 0. The van der Waals surface area contributed by atoms with E-state index in [4.69, 9.17) is 14.2 Å². The van der Waals surface area contributed by atoms with Crippen LogP contribution in [-0.2, 0) is 0 Å². The monoisotopic (exact) mass is 527 g/mol. The Morgan fingerprint density at radius 3 is 1.85 bits per heavy atom. The van der Waals surface area contributed by atoms with Crippen LogP contribution in [0.5, 0.6) is 34.5 Å². The molecule has 4 nitrogen and oxygen atoms in total. The highest BCUT2D eigenvalue weighted by Crippen LogP contribution is 2.51. The van der Waals surface area contributed by atoms with E-state index in [2.05, 4.69) is 83.8 Å². The lowest BCUT2D eigenvalue weighted by Gasteiger charge is -2.33. The number of hydrogen-bond donors (Lipinski definition) is 0. The first-order valence-corrected chi connectivity index (χ1v) is 13.8. The van der Waals surface area contributed by atoms with Gasteiger partial charge in [0, 0.05) is 11.2 Å². The Hall–Kier alpha value is -5.42. The number of hydrogen-bond acceptors (Lipinski definition) is 4. The van der Waals surface area contributed by atoms with E-state index in [1.165, 1.54) is 0 Å². The Labute approximate surface area is 238 Å². The van der Waals surface area contributed by atoms with Crippen molar-refractivity contribution >= 4 is 40.2 Å². The molecular weight excluding hydrogens is 505 g/mol. The molecule has 0 bridgehead atoms. The van der Waals surface area contributed by atoms with Crippen LogP contribution in [0.4, 0.5) is 17.1 Å². The molecule has 0 aliphatic carbocycles. The average molecular weight is 527 g/mol. The largest absolute Gasteiger partial charge is 0.458 e. The molecule has 3 heterocycles. The lowest BCUT2D eigenvalue weighted by atomic mass is 9.35. The number of fused-ring (bicyclic) bond motifs is 6. The van der Waals surface area contributed by atoms with Crippen LogP contribution in [0.1, 0.15) is 0 Å². The molecule has 3 aliphatic heterocycles. The van der Waals surface area contributed by atoms with Crippen LogP contribution < -0.4 is 35.5 Å². The number of anilines is 3. The maximum atomic E-state index is 6.52. The predicted molar refractivity (Wildman–Crippen MR) is 164 cm³/mol. The van der Waals surface area contributed by atoms with Crippen molar-refractivity contribution in [2.24, 2.45) is 0 Å². The summed E-state index contributed by atoms with van der Waals surface area (Å²) in [6.07, 6.45) is 0. The average Bonchev–Trinajstić information content (AvgIpc) is 3.03. The van der Waals surface area contributed by atoms with Gasteiger partial charge in [0.15, 0.2) is 11.5 Å².